The molecule has 1 amide bonds. The molecule has 7 heteroatoms. The van der Waals surface area contributed by atoms with Gasteiger partial charge in [0.15, 0.2) is 0 Å². The number of hydrogen-bond acceptors (Lipinski definition) is 4. The SMILES string of the molecule is O=C(CCCOc1ccc(Br)cc1)N[C@H](CO)C(=O)O. The molecule has 1 aromatic rings. The average Bonchev–Trinajstić information content (AvgIpc) is 2.42. The molecule has 20 heavy (non-hydrogen) atoms. The molecule has 0 aliphatic heterocycles. The predicted octanol–water partition coefficient (Wildman–Crippen LogP) is 1.17. The van der Waals surface area contributed by atoms with Gasteiger partial charge in [0.25, 0.3) is 0 Å². The van der Waals surface area contributed by atoms with Gasteiger partial charge in [0.1, 0.15) is 11.8 Å². The van der Waals surface area contributed by atoms with Crippen molar-refractivity contribution >= 4 is 27.8 Å². The van der Waals surface area contributed by atoms with Crippen molar-refractivity contribution in [2.24, 2.45) is 0 Å². The number of amides is 1. The van der Waals surface area contributed by atoms with Gasteiger partial charge in [0.05, 0.1) is 13.2 Å². The van der Waals surface area contributed by atoms with Gasteiger partial charge in [-0.3, -0.25) is 4.79 Å². The Balaban J connectivity index is 2.22. The van der Waals surface area contributed by atoms with E-state index < -0.39 is 24.5 Å². The number of benzene rings is 1. The van der Waals surface area contributed by atoms with Crippen molar-refractivity contribution in [2.45, 2.75) is 18.9 Å². The Labute approximate surface area is 124 Å². The second kappa shape index (κ2) is 8.55. The summed E-state index contributed by atoms with van der Waals surface area (Å²) < 4.78 is 6.38. The number of carbonyl (C=O) groups excluding carboxylic acids is 1. The third-order valence-corrected chi connectivity index (χ3v) is 2.98. The van der Waals surface area contributed by atoms with Crippen molar-refractivity contribution in [3.05, 3.63) is 28.7 Å². The summed E-state index contributed by atoms with van der Waals surface area (Å²) in [4.78, 5) is 22.0. The first-order valence-electron chi connectivity index (χ1n) is 6.04. The molecule has 0 bridgehead atoms. The minimum atomic E-state index is -1.26. The van der Waals surface area contributed by atoms with E-state index in [0.717, 1.165) is 4.47 Å². The van der Waals surface area contributed by atoms with Crippen molar-refractivity contribution in [3.63, 3.8) is 0 Å². The fourth-order valence-corrected chi connectivity index (χ4v) is 1.67. The van der Waals surface area contributed by atoms with E-state index in [0.29, 0.717) is 18.8 Å². The predicted molar refractivity (Wildman–Crippen MR) is 75.5 cm³/mol. The summed E-state index contributed by atoms with van der Waals surface area (Å²) in [5.74, 6) is -0.981. The molecule has 3 N–H and O–H groups in total. The van der Waals surface area contributed by atoms with Crippen LogP contribution in [0.2, 0.25) is 0 Å². The molecule has 0 heterocycles. The maximum Gasteiger partial charge on any atom is 0.328 e. The zero-order chi connectivity index (χ0) is 15.0. The molecular weight excluding hydrogens is 330 g/mol. The van der Waals surface area contributed by atoms with E-state index >= 15 is 0 Å². The summed E-state index contributed by atoms with van der Waals surface area (Å²) in [6, 6.07) is 6.05. The minimum absolute atomic E-state index is 0.139. The van der Waals surface area contributed by atoms with Gasteiger partial charge in [0, 0.05) is 10.9 Å². The first kappa shape index (κ1) is 16.5. The van der Waals surface area contributed by atoms with Gasteiger partial charge in [-0.05, 0) is 30.7 Å². The van der Waals surface area contributed by atoms with E-state index in [4.69, 9.17) is 14.9 Å². The molecule has 0 aromatic heterocycles. The molecule has 6 nitrogen and oxygen atoms in total. The number of aliphatic hydroxyl groups excluding tert-OH is 1. The zero-order valence-corrected chi connectivity index (χ0v) is 12.3. The van der Waals surface area contributed by atoms with Crippen LogP contribution in [0.4, 0.5) is 0 Å². The highest BCUT2D eigenvalue weighted by Crippen LogP contribution is 2.16. The van der Waals surface area contributed by atoms with E-state index in [2.05, 4.69) is 21.2 Å². The van der Waals surface area contributed by atoms with Crippen molar-refractivity contribution in [2.75, 3.05) is 13.2 Å². The lowest BCUT2D eigenvalue weighted by Gasteiger charge is -2.11. The van der Waals surface area contributed by atoms with Gasteiger partial charge in [-0.2, -0.15) is 0 Å². The monoisotopic (exact) mass is 345 g/mol. The third-order valence-electron chi connectivity index (χ3n) is 2.45. The highest BCUT2D eigenvalue weighted by molar-refractivity contribution is 9.10. The summed E-state index contributed by atoms with van der Waals surface area (Å²) in [6.07, 6.45) is 0.597. The van der Waals surface area contributed by atoms with Crippen LogP contribution in [-0.4, -0.2) is 41.3 Å². The number of ether oxygens (including phenoxy) is 1. The van der Waals surface area contributed by atoms with Crippen molar-refractivity contribution in [1.82, 2.24) is 5.32 Å². The summed E-state index contributed by atoms with van der Waals surface area (Å²) in [5.41, 5.74) is 0. The molecular formula is C13H16BrNO5. The molecule has 0 saturated heterocycles. The van der Waals surface area contributed by atoms with E-state index in [1.807, 2.05) is 12.1 Å². The van der Waals surface area contributed by atoms with Crippen LogP contribution in [0.1, 0.15) is 12.8 Å². The molecule has 0 radical (unpaired) electrons. The normalized spacial score (nSPS) is 11.7. The largest absolute Gasteiger partial charge is 0.494 e. The Morgan fingerprint density at radius 3 is 2.50 bits per heavy atom. The van der Waals surface area contributed by atoms with Gasteiger partial charge >= 0.3 is 5.97 Å². The lowest BCUT2D eigenvalue weighted by atomic mass is 10.2. The fraction of sp³-hybridized carbons (Fsp3) is 0.385. The molecule has 0 spiro atoms. The Kier molecular flexibility index (Phi) is 7.03. The highest BCUT2D eigenvalue weighted by atomic mass is 79.9. The van der Waals surface area contributed by atoms with Crippen molar-refractivity contribution in [3.8, 4) is 5.75 Å². The average molecular weight is 346 g/mol. The van der Waals surface area contributed by atoms with E-state index in [1.165, 1.54) is 0 Å². The Morgan fingerprint density at radius 1 is 1.30 bits per heavy atom. The second-order valence-corrected chi connectivity index (χ2v) is 4.96. The number of hydrogen-bond donors (Lipinski definition) is 3. The van der Waals surface area contributed by atoms with Gasteiger partial charge in [-0.1, -0.05) is 15.9 Å². The topological polar surface area (TPSA) is 95.9 Å². The van der Waals surface area contributed by atoms with Crippen LogP contribution in [-0.2, 0) is 9.59 Å². The quantitative estimate of drug-likeness (QED) is 0.614. The van der Waals surface area contributed by atoms with Crippen LogP contribution >= 0.6 is 15.9 Å². The van der Waals surface area contributed by atoms with Crippen LogP contribution in [0, 0.1) is 0 Å². The number of halogens is 1. The summed E-state index contributed by atoms with van der Waals surface area (Å²) in [5, 5.41) is 19.6. The Hall–Kier alpha value is -1.60. The number of carboxylic acid groups (broad SMARTS) is 1. The van der Waals surface area contributed by atoms with Crippen molar-refractivity contribution in [1.29, 1.82) is 0 Å². The maximum absolute atomic E-state index is 11.4. The Bertz CT molecular complexity index is 449. The smallest absolute Gasteiger partial charge is 0.328 e. The number of aliphatic hydroxyl groups is 1. The van der Waals surface area contributed by atoms with Crippen molar-refractivity contribution < 1.29 is 24.5 Å². The number of carboxylic acids is 1. The third kappa shape index (κ3) is 6.03. The molecule has 0 aliphatic carbocycles. The lowest BCUT2D eigenvalue weighted by Crippen LogP contribution is -2.43. The first-order valence-corrected chi connectivity index (χ1v) is 6.83. The standard InChI is InChI=1S/C13H16BrNO5/c14-9-3-5-10(6-4-9)20-7-1-2-12(17)15-11(8-16)13(18)19/h3-6,11,16H,1-2,7-8H2,(H,15,17)(H,18,19)/t11-/m1/s1. The molecule has 110 valence electrons. The summed E-state index contributed by atoms with van der Waals surface area (Å²) in [6.45, 7) is -0.275. The molecule has 0 aliphatic rings. The van der Waals surface area contributed by atoms with Crippen LogP contribution < -0.4 is 10.1 Å². The number of aliphatic carboxylic acids is 1. The van der Waals surface area contributed by atoms with Crippen LogP contribution in [0.25, 0.3) is 0 Å². The van der Waals surface area contributed by atoms with Crippen LogP contribution in [0.3, 0.4) is 0 Å². The maximum atomic E-state index is 11.4. The zero-order valence-electron chi connectivity index (χ0n) is 10.7. The van der Waals surface area contributed by atoms with Gasteiger partial charge in [-0.15, -0.1) is 0 Å². The molecule has 0 fully saturated rings. The van der Waals surface area contributed by atoms with Crippen LogP contribution in [0.5, 0.6) is 5.75 Å². The van der Waals surface area contributed by atoms with Gasteiger partial charge in [-0.25, -0.2) is 4.79 Å². The van der Waals surface area contributed by atoms with E-state index in [1.54, 1.807) is 12.1 Å². The summed E-state index contributed by atoms with van der Waals surface area (Å²) >= 11 is 3.31. The molecule has 1 aromatic carbocycles. The fourth-order valence-electron chi connectivity index (χ4n) is 1.41. The molecule has 1 atom stereocenters. The van der Waals surface area contributed by atoms with Gasteiger partial charge < -0.3 is 20.3 Å². The Morgan fingerprint density at radius 2 is 1.95 bits per heavy atom. The molecule has 1 rings (SSSR count). The van der Waals surface area contributed by atoms with E-state index in [9.17, 15) is 9.59 Å². The number of rotatable bonds is 8. The minimum Gasteiger partial charge on any atom is -0.494 e. The second-order valence-electron chi connectivity index (χ2n) is 4.05. The first-order chi connectivity index (χ1) is 9.52. The van der Waals surface area contributed by atoms with Gasteiger partial charge in [0.2, 0.25) is 5.91 Å². The highest BCUT2D eigenvalue weighted by Gasteiger charge is 2.18. The lowest BCUT2D eigenvalue weighted by molar-refractivity contribution is -0.142. The molecule has 0 saturated carbocycles. The van der Waals surface area contributed by atoms with Crippen LogP contribution in [0.15, 0.2) is 28.7 Å². The number of carbonyl (C=O) groups is 2. The number of nitrogens with one attached hydrogen (secondary N) is 1. The molecule has 0 unspecified atom stereocenters. The van der Waals surface area contributed by atoms with E-state index in [-0.39, 0.29) is 6.42 Å². The summed E-state index contributed by atoms with van der Waals surface area (Å²) in [7, 11) is 0.